The fourth-order valence-corrected chi connectivity index (χ4v) is 7.13. The Hall–Kier alpha value is -3.37. The van der Waals surface area contributed by atoms with E-state index in [-0.39, 0.29) is 49.3 Å². The van der Waals surface area contributed by atoms with Gasteiger partial charge in [0.05, 0.1) is 19.6 Å². The van der Waals surface area contributed by atoms with Crippen LogP contribution < -0.4 is 5.32 Å². The van der Waals surface area contributed by atoms with E-state index in [1.807, 2.05) is 79.8 Å². The van der Waals surface area contributed by atoms with Gasteiger partial charge in [0.1, 0.15) is 24.7 Å². The van der Waals surface area contributed by atoms with Gasteiger partial charge >= 0.3 is 0 Å². The molecule has 0 aliphatic carbocycles. The predicted octanol–water partition coefficient (Wildman–Crippen LogP) is 4.44. The fraction of sp³-hybridized carbons (Fsp3) is 0.800. The largest absolute Gasteiger partial charge is 0.350 e. The molecule has 3 heterocycles. The van der Waals surface area contributed by atoms with Crippen LogP contribution in [-0.4, -0.2) is 187 Å². The number of amides is 3. The van der Waals surface area contributed by atoms with Crippen molar-refractivity contribution >= 4 is 17.7 Å². The third kappa shape index (κ3) is 19.6. The summed E-state index contributed by atoms with van der Waals surface area (Å²) in [5.74, 6) is 1.98. The average Bonchev–Trinajstić information content (AvgIpc) is 3.81. The molecule has 2 aromatic heterocycles. The summed E-state index contributed by atoms with van der Waals surface area (Å²) >= 11 is 0. The van der Waals surface area contributed by atoms with Crippen molar-refractivity contribution in [3.05, 3.63) is 36.4 Å². The van der Waals surface area contributed by atoms with Crippen LogP contribution in [0, 0.1) is 0 Å². The first-order valence-electron chi connectivity index (χ1n) is 22.4. The molecule has 0 atom stereocenters. The highest BCUT2D eigenvalue weighted by Gasteiger charge is 2.26. The molecule has 1 fully saturated rings. The Morgan fingerprint density at radius 3 is 1.18 bits per heavy atom. The Kier molecular flexibility index (Phi) is 25.1. The molecule has 0 spiro atoms. The Bertz CT molecular complexity index is 1400. The predicted molar refractivity (Wildman–Crippen MR) is 247 cm³/mol. The summed E-state index contributed by atoms with van der Waals surface area (Å²) in [6, 6.07) is 0. The van der Waals surface area contributed by atoms with Gasteiger partial charge in [0.2, 0.25) is 17.7 Å². The van der Waals surface area contributed by atoms with Crippen LogP contribution in [0.25, 0.3) is 0 Å². The molecule has 0 saturated carbocycles. The molecule has 0 bridgehead atoms. The van der Waals surface area contributed by atoms with Gasteiger partial charge in [-0.2, -0.15) is 0 Å². The van der Waals surface area contributed by atoms with Gasteiger partial charge in [-0.1, -0.05) is 28.2 Å². The number of nitrogens with zero attached hydrogens (tertiary/aromatic N) is 11. The Labute approximate surface area is 365 Å². The van der Waals surface area contributed by atoms with E-state index in [1.54, 1.807) is 12.4 Å². The van der Waals surface area contributed by atoms with Gasteiger partial charge in [-0.05, 0) is 88.9 Å². The van der Waals surface area contributed by atoms with Crippen LogP contribution in [0.3, 0.4) is 0 Å². The van der Waals surface area contributed by atoms with Gasteiger partial charge in [-0.15, -0.1) is 0 Å². The Morgan fingerprint density at radius 2 is 0.900 bits per heavy atom. The van der Waals surface area contributed by atoms with E-state index in [4.69, 9.17) is 0 Å². The van der Waals surface area contributed by atoms with E-state index in [0.29, 0.717) is 45.8 Å². The zero-order valence-electron chi connectivity index (χ0n) is 39.6. The highest BCUT2D eigenvalue weighted by molar-refractivity contribution is 5.78. The van der Waals surface area contributed by atoms with Crippen LogP contribution in [0.15, 0.2) is 24.8 Å². The normalized spacial score (nSPS) is 15.6. The molecule has 0 aromatic carbocycles. The number of imidazole rings is 2. The van der Waals surface area contributed by atoms with Crippen LogP contribution in [0.4, 0.5) is 0 Å². The summed E-state index contributed by atoms with van der Waals surface area (Å²) in [6.45, 7) is 43.9. The molecule has 60 heavy (non-hydrogen) atoms. The summed E-state index contributed by atoms with van der Waals surface area (Å²) < 4.78 is 3.85. The number of hydrogen-bond donors (Lipinski definition) is 1. The Morgan fingerprint density at radius 1 is 0.567 bits per heavy atom. The van der Waals surface area contributed by atoms with Crippen molar-refractivity contribution in [1.29, 1.82) is 0 Å². The first-order chi connectivity index (χ1) is 27.9. The minimum atomic E-state index is -0.169. The van der Waals surface area contributed by atoms with Crippen LogP contribution in [0.2, 0.25) is 0 Å². The monoisotopic (exact) mass is 845 g/mol. The lowest BCUT2D eigenvalue weighted by atomic mass is 10.1. The van der Waals surface area contributed by atoms with Crippen molar-refractivity contribution in [2.45, 2.75) is 135 Å². The van der Waals surface area contributed by atoms with Crippen molar-refractivity contribution in [2.24, 2.45) is 0 Å². The lowest BCUT2D eigenvalue weighted by Gasteiger charge is -2.35. The number of carbonyl (C=O) groups is 3. The maximum absolute atomic E-state index is 12.6. The van der Waals surface area contributed by atoms with Gasteiger partial charge in [-0.25, -0.2) is 9.97 Å². The average molecular weight is 845 g/mol. The van der Waals surface area contributed by atoms with Crippen molar-refractivity contribution in [3.8, 4) is 0 Å². The van der Waals surface area contributed by atoms with E-state index >= 15 is 0 Å². The fourth-order valence-electron chi connectivity index (χ4n) is 7.13. The summed E-state index contributed by atoms with van der Waals surface area (Å²) in [5, 5.41) is 3.10. The van der Waals surface area contributed by atoms with E-state index in [1.165, 1.54) is 0 Å². The highest BCUT2D eigenvalue weighted by Crippen LogP contribution is 2.20. The molecule has 15 nitrogen and oxygen atoms in total. The molecular formula is C45H88N12O3. The van der Waals surface area contributed by atoms with Crippen LogP contribution >= 0.6 is 0 Å². The minimum absolute atomic E-state index is 0. The SMILES string of the molecule is C.CCN(CC)C(=O)Cn1ccnc1CN(Cc1nccn1CC(=O)N(CC)CC)C(C)(C)C.CCN1CCN(CC)CCN(CC(=O)NC(C)(C)C)CCN(CC)CC1. The standard InChI is InChI=1S/C24H41N7O2.C20H43N5O.CH4/c1-8-27(9-2)22(32)18-29-14-12-25-20(29)16-31(24(5,6)7)17-21-26-13-15-30(21)19-23(33)28(10-3)11-4;1-7-22-10-12-23(8-2)14-16-25(17-15-24(9-3)13-11-22)18-19(26)21-20(4,5)6;/h12-15H,8-11,16-19H2,1-7H3;7-18H2,1-6H3,(H,21,26);1H4. The maximum atomic E-state index is 12.6. The molecule has 1 aliphatic rings. The summed E-state index contributed by atoms with van der Waals surface area (Å²) in [4.78, 5) is 62.6. The zero-order chi connectivity index (χ0) is 44.2. The van der Waals surface area contributed by atoms with Crippen molar-refractivity contribution in [2.75, 3.05) is 105 Å². The van der Waals surface area contributed by atoms with Gasteiger partial charge in [0.15, 0.2) is 0 Å². The third-order valence-corrected chi connectivity index (χ3v) is 11.2. The number of hydrogen-bond acceptors (Lipinski definition) is 10. The third-order valence-electron chi connectivity index (χ3n) is 11.2. The molecular weight excluding hydrogens is 757 g/mol. The van der Waals surface area contributed by atoms with Gasteiger partial charge in [0, 0.05) is 114 Å². The first-order valence-corrected chi connectivity index (χ1v) is 22.4. The lowest BCUT2D eigenvalue weighted by molar-refractivity contribution is -0.132. The first kappa shape index (κ1) is 54.6. The molecule has 3 amide bonds. The maximum Gasteiger partial charge on any atom is 0.242 e. The van der Waals surface area contributed by atoms with E-state index in [0.717, 1.165) is 83.6 Å². The summed E-state index contributed by atoms with van der Waals surface area (Å²) in [7, 11) is 0. The highest BCUT2D eigenvalue weighted by atomic mass is 16.2. The second kappa shape index (κ2) is 27.5. The number of likely N-dealkylation sites (N-methyl/N-ethyl adjacent to an activating group) is 5. The van der Waals surface area contributed by atoms with Crippen LogP contribution in [-0.2, 0) is 40.6 Å². The molecule has 0 radical (unpaired) electrons. The number of nitrogens with one attached hydrogen (secondary N) is 1. The van der Waals surface area contributed by atoms with Crippen LogP contribution in [0.5, 0.6) is 0 Å². The van der Waals surface area contributed by atoms with Crippen molar-refractivity contribution in [3.63, 3.8) is 0 Å². The number of aromatic nitrogens is 4. The lowest BCUT2D eigenvalue weighted by Crippen LogP contribution is -2.50. The van der Waals surface area contributed by atoms with Gasteiger partial charge < -0.3 is 39.0 Å². The van der Waals surface area contributed by atoms with Crippen LogP contribution in [0.1, 0.15) is 109 Å². The molecule has 0 unspecified atom stereocenters. The molecule has 1 N–H and O–H groups in total. The van der Waals surface area contributed by atoms with Gasteiger partial charge in [-0.3, -0.25) is 24.2 Å². The topological polar surface area (TPSA) is 122 Å². The summed E-state index contributed by atoms with van der Waals surface area (Å²) in [5.41, 5.74) is -0.336. The Balaban J connectivity index is 0.000000607. The molecule has 15 heteroatoms. The molecule has 1 aliphatic heterocycles. The second-order valence-corrected chi connectivity index (χ2v) is 17.5. The van der Waals surface area contributed by atoms with E-state index < -0.39 is 0 Å². The van der Waals surface area contributed by atoms with Crippen molar-refractivity contribution < 1.29 is 14.4 Å². The smallest absolute Gasteiger partial charge is 0.242 e. The molecule has 3 rings (SSSR count). The molecule has 2 aromatic rings. The van der Waals surface area contributed by atoms with Crippen molar-refractivity contribution in [1.82, 2.24) is 58.7 Å². The number of carbonyl (C=O) groups excluding carboxylic acids is 3. The molecule has 1 saturated heterocycles. The van der Waals surface area contributed by atoms with E-state index in [2.05, 4.69) is 81.3 Å². The quantitative estimate of drug-likeness (QED) is 0.245. The zero-order valence-corrected chi connectivity index (χ0v) is 39.6. The minimum Gasteiger partial charge on any atom is -0.350 e. The second-order valence-electron chi connectivity index (χ2n) is 17.5. The van der Waals surface area contributed by atoms with Gasteiger partial charge in [0.25, 0.3) is 0 Å². The number of rotatable bonds is 17. The van der Waals surface area contributed by atoms with E-state index in [9.17, 15) is 14.4 Å². The summed E-state index contributed by atoms with van der Waals surface area (Å²) in [6.07, 6.45) is 7.22. The molecule has 346 valence electrons.